The van der Waals surface area contributed by atoms with Crippen molar-refractivity contribution in [2.45, 2.75) is 0 Å². The minimum Gasteiger partial charge on any atom is -0.456 e. The summed E-state index contributed by atoms with van der Waals surface area (Å²) in [7, 11) is 0. The van der Waals surface area contributed by atoms with Crippen molar-refractivity contribution < 1.29 is 4.42 Å². The van der Waals surface area contributed by atoms with Gasteiger partial charge in [-0.1, -0.05) is 140 Å². The maximum atomic E-state index is 6.09. The average Bonchev–Trinajstić information content (AvgIpc) is 3.56. The minimum atomic E-state index is 0.884. The SMILES string of the molecule is c1ccc(-c2nc3c4ccccc4c4cc(-c5cccc(-c6ccc7oc8ccccc8c7c6)c5)ccc4c3nc2-c2ccccc2)cc1. The Morgan fingerprint density at radius 2 is 0.755 bits per heavy atom. The molecule has 0 atom stereocenters. The number of benzene rings is 8. The Kier molecular flexibility index (Phi) is 6.18. The molecule has 2 aromatic heterocycles. The van der Waals surface area contributed by atoms with Gasteiger partial charge in [0.2, 0.25) is 0 Å². The fourth-order valence-electron chi connectivity index (χ4n) is 7.27. The van der Waals surface area contributed by atoms with Gasteiger partial charge in [0.15, 0.2) is 0 Å². The van der Waals surface area contributed by atoms with Crippen molar-refractivity contribution >= 4 is 54.5 Å². The summed E-state index contributed by atoms with van der Waals surface area (Å²) >= 11 is 0. The van der Waals surface area contributed by atoms with E-state index >= 15 is 0 Å². The fraction of sp³-hybridized carbons (Fsp3) is 0. The molecule has 8 aromatic carbocycles. The molecule has 0 amide bonds. The van der Waals surface area contributed by atoms with Crippen LogP contribution in [-0.4, -0.2) is 9.97 Å². The highest BCUT2D eigenvalue weighted by atomic mass is 16.3. The van der Waals surface area contributed by atoms with Gasteiger partial charge < -0.3 is 4.42 Å². The van der Waals surface area contributed by atoms with E-state index in [1.165, 1.54) is 10.9 Å². The second-order valence-electron chi connectivity index (χ2n) is 12.5. The quantitative estimate of drug-likeness (QED) is 0.183. The average molecular weight is 625 g/mol. The van der Waals surface area contributed by atoms with E-state index in [1.807, 2.05) is 24.3 Å². The summed E-state index contributed by atoms with van der Waals surface area (Å²) in [4.78, 5) is 10.8. The topological polar surface area (TPSA) is 38.9 Å². The Hall–Kier alpha value is -6.58. The first kappa shape index (κ1) is 27.5. The molecule has 0 aliphatic rings. The van der Waals surface area contributed by atoms with E-state index in [-0.39, 0.29) is 0 Å². The number of para-hydroxylation sites is 1. The van der Waals surface area contributed by atoms with Crippen LogP contribution in [0.15, 0.2) is 174 Å². The molecule has 0 N–H and O–H groups in total. The number of hydrogen-bond acceptors (Lipinski definition) is 3. The van der Waals surface area contributed by atoms with Crippen LogP contribution >= 0.6 is 0 Å². The summed E-state index contributed by atoms with van der Waals surface area (Å²) in [5.74, 6) is 0. The fourth-order valence-corrected chi connectivity index (χ4v) is 7.27. The summed E-state index contributed by atoms with van der Waals surface area (Å²) in [5, 5.41) is 6.79. The van der Waals surface area contributed by atoms with Gasteiger partial charge in [-0.25, -0.2) is 9.97 Å². The number of rotatable bonds is 4. The molecule has 0 radical (unpaired) electrons. The van der Waals surface area contributed by atoms with Crippen LogP contribution in [-0.2, 0) is 0 Å². The molecule has 0 fully saturated rings. The normalized spacial score (nSPS) is 11.7. The second-order valence-corrected chi connectivity index (χ2v) is 12.5. The van der Waals surface area contributed by atoms with Crippen molar-refractivity contribution in [2.75, 3.05) is 0 Å². The second kappa shape index (κ2) is 11.0. The number of furan rings is 1. The van der Waals surface area contributed by atoms with E-state index in [2.05, 4.69) is 146 Å². The van der Waals surface area contributed by atoms with Crippen LogP contribution in [0.5, 0.6) is 0 Å². The first-order chi connectivity index (χ1) is 24.3. The summed E-state index contributed by atoms with van der Waals surface area (Å²) in [6.45, 7) is 0. The first-order valence-electron chi connectivity index (χ1n) is 16.6. The Morgan fingerprint density at radius 1 is 0.286 bits per heavy atom. The number of nitrogens with zero attached hydrogens (tertiary/aromatic N) is 2. The monoisotopic (exact) mass is 624 g/mol. The third-order valence-electron chi connectivity index (χ3n) is 9.64. The molecule has 3 heteroatoms. The lowest BCUT2D eigenvalue weighted by molar-refractivity contribution is 0.669. The van der Waals surface area contributed by atoms with Crippen molar-refractivity contribution in [2.24, 2.45) is 0 Å². The van der Waals surface area contributed by atoms with Crippen LogP contribution in [0.25, 0.3) is 99.3 Å². The van der Waals surface area contributed by atoms with Gasteiger partial charge in [-0.05, 0) is 63.4 Å². The highest BCUT2D eigenvalue weighted by molar-refractivity contribution is 6.24. The molecule has 0 aliphatic heterocycles. The summed E-state index contributed by atoms with van der Waals surface area (Å²) < 4.78 is 6.09. The molecule has 49 heavy (non-hydrogen) atoms. The van der Waals surface area contributed by atoms with Crippen LogP contribution in [0.1, 0.15) is 0 Å². The van der Waals surface area contributed by atoms with E-state index < -0.39 is 0 Å². The molecule has 0 unspecified atom stereocenters. The van der Waals surface area contributed by atoms with Crippen LogP contribution < -0.4 is 0 Å². The van der Waals surface area contributed by atoms with Crippen molar-refractivity contribution in [3.63, 3.8) is 0 Å². The van der Waals surface area contributed by atoms with Crippen molar-refractivity contribution in [3.05, 3.63) is 170 Å². The van der Waals surface area contributed by atoms with Crippen LogP contribution in [0.3, 0.4) is 0 Å². The van der Waals surface area contributed by atoms with Gasteiger partial charge in [-0.3, -0.25) is 0 Å². The Morgan fingerprint density at radius 3 is 1.43 bits per heavy atom. The number of hydrogen-bond donors (Lipinski definition) is 0. The first-order valence-corrected chi connectivity index (χ1v) is 16.6. The number of fused-ring (bicyclic) bond motifs is 9. The Bertz CT molecular complexity index is 2870. The predicted molar refractivity (Wildman–Crippen MR) is 204 cm³/mol. The summed E-state index contributed by atoms with van der Waals surface area (Å²) in [6.07, 6.45) is 0. The van der Waals surface area contributed by atoms with E-state index in [0.29, 0.717) is 0 Å². The molecule has 0 saturated heterocycles. The van der Waals surface area contributed by atoms with Gasteiger partial charge in [0, 0.05) is 32.7 Å². The molecule has 228 valence electrons. The molecule has 2 heterocycles. The van der Waals surface area contributed by atoms with Gasteiger partial charge in [0.1, 0.15) is 11.2 Å². The molecule has 0 aliphatic carbocycles. The molecule has 0 saturated carbocycles. The largest absolute Gasteiger partial charge is 0.456 e. The van der Waals surface area contributed by atoms with Gasteiger partial charge >= 0.3 is 0 Å². The highest BCUT2D eigenvalue weighted by Gasteiger charge is 2.18. The number of aromatic nitrogens is 2. The highest BCUT2D eigenvalue weighted by Crippen LogP contribution is 2.40. The van der Waals surface area contributed by atoms with Gasteiger partial charge in [0.25, 0.3) is 0 Å². The van der Waals surface area contributed by atoms with Crippen LogP contribution in [0.2, 0.25) is 0 Å². The lowest BCUT2D eigenvalue weighted by atomic mass is 9.93. The zero-order chi connectivity index (χ0) is 32.3. The van der Waals surface area contributed by atoms with Gasteiger partial charge in [-0.15, -0.1) is 0 Å². The zero-order valence-electron chi connectivity index (χ0n) is 26.5. The summed E-state index contributed by atoms with van der Waals surface area (Å²) in [6, 6.07) is 59.6. The molecule has 0 spiro atoms. The van der Waals surface area contributed by atoms with Gasteiger partial charge in [-0.2, -0.15) is 0 Å². The lowest BCUT2D eigenvalue weighted by Gasteiger charge is -2.15. The molecule has 3 nitrogen and oxygen atoms in total. The van der Waals surface area contributed by atoms with Gasteiger partial charge in [0.05, 0.1) is 22.4 Å². The molecular formula is C46H28N2O. The van der Waals surface area contributed by atoms with E-state index in [1.54, 1.807) is 0 Å². The standard InChI is InChI=1S/C46H28N2O/c1-3-12-29(13-4-1)43-44(30-14-5-2-6-15-30)48-46-38-24-22-33(27-39(38)35-18-7-8-20-37(35)45(46)47-43)31-16-11-17-32(26-31)34-23-25-42-40(28-34)36-19-9-10-21-41(36)49-42/h1-28H. The minimum absolute atomic E-state index is 0.884. The predicted octanol–water partition coefficient (Wildman–Crippen LogP) is 12.5. The maximum absolute atomic E-state index is 6.09. The van der Waals surface area contributed by atoms with E-state index in [9.17, 15) is 0 Å². The third kappa shape index (κ3) is 4.51. The summed E-state index contributed by atoms with van der Waals surface area (Å²) in [5.41, 5.74) is 12.2. The van der Waals surface area contributed by atoms with Crippen LogP contribution in [0, 0.1) is 0 Å². The molecule has 10 aromatic rings. The molecule has 10 rings (SSSR count). The third-order valence-corrected chi connectivity index (χ3v) is 9.64. The molecule has 0 bridgehead atoms. The van der Waals surface area contributed by atoms with Crippen molar-refractivity contribution in [1.82, 2.24) is 9.97 Å². The molecular weight excluding hydrogens is 597 g/mol. The Balaban J connectivity index is 1.17. The maximum Gasteiger partial charge on any atom is 0.135 e. The van der Waals surface area contributed by atoms with Crippen molar-refractivity contribution in [1.29, 1.82) is 0 Å². The van der Waals surface area contributed by atoms with Crippen molar-refractivity contribution in [3.8, 4) is 44.8 Å². The van der Waals surface area contributed by atoms with Crippen LogP contribution in [0.4, 0.5) is 0 Å². The van der Waals surface area contributed by atoms with E-state index in [4.69, 9.17) is 14.4 Å². The lowest BCUT2D eigenvalue weighted by Crippen LogP contribution is -1.97. The smallest absolute Gasteiger partial charge is 0.135 e. The zero-order valence-corrected chi connectivity index (χ0v) is 26.5. The van der Waals surface area contributed by atoms with E-state index in [0.717, 1.165) is 88.3 Å². The Labute approximate surface area is 282 Å².